The first-order chi connectivity index (χ1) is 13.9. The maximum absolute atomic E-state index is 12.5. The van der Waals surface area contributed by atoms with Gasteiger partial charge in [0.1, 0.15) is 12.1 Å². The van der Waals surface area contributed by atoms with Crippen LogP contribution in [0.15, 0.2) is 4.99 Å². The number of rotatable bonds is 15. The highest BCUT2D eigenvalue weighted by Gasteiger charge is 2.28. The minimum Gasteiger partial charge on any atom is -0.481 e. The number of guanidine groups is 1. The molecule has 0 aromatic rings. The van der Waals surface area contributed by atoms with Gasteiger partial charge in [-0.3, -0.25) is 24.2 Å². The van der Waals surface area contributed by atoms with Crippen LogP contribution in [-0.4, -0.2) is 70.5 Å². The Bertz CT molecular complexity index is 664. The molecule has 0 radical (unpaired) electrons. The van der Waals surface area contributed by atoms with Gasteiger partial charge in [0.2, 0.25) is 17.7 Å². The molecule has 0 spiro atoms. The van der Waals surface area contributed by atoms with Crippen LogP contribution in [-0.2, 0) is 24.0 Å². The molecular weight excluding hydrogens is 402 g/mol. The summed E-state index contributed by atoms with van der Waals surface area (Å²) in [6.45, 7) is 0.150. The summed E-state index contributed by atoms with van der Waals surface area (Å²) in [6, 6.07) is -3.76. The number of hydrogen-bond acceptors (Lipinski definition) is 7. The lowest BCUT2D eigenvalue weighted by Gasteiger charge is -2.22. The van der Waals surface area contributed by atoms with E-state index in [0.717, 1.165) is 0 Å². The molecule has 0 rings (SSSR count). The number of aliphatic imine (C=N–C) groups is 1. The first-order valence-electron chi connectivity index (χ1n) is 9.08. The third kappa shape index (κ3) is 12.1. The Balaban J connectivity index is 5.14. The van der Waals surface area contributed by atoms with Crippen molar-refractivity contribution in [2.24, 2.45) is 27.9 Å². The lowest BCUT2D eigenvalue weighted by Crippen LogP contribution is -2.54. The van der Waals surface area contributed by atoms with Gasteiger partial charge in [0.15, 0.2) is 5.96 Å². The second kappa shape index (κ2) is 13.7. The lowest BCUT2D eigenvalue weighted by molar-refractivity contribution is -0.143. The predicted molar refractivity (Wildman–Crippen MR) is 105 cm³/mol. The zero-order valence-corrected chi connectivity index (χ0v) is 16.4. The number of aliphatic carboxylic acids is 2. The Morgan fingerprint density at radius 3 is 1.93 bits per heavy atom. The largest absolute Gasteiger partial charge is 0.481 e. The number of nitrogens with two attached hydrogens (primary N) is 4. The standard InChI is InChI=1S/C16H29N7O7/c17-8(3-5-11(18)24)13(27)22-9(2-1-7-21-16(19)20)14(28)23-10(15(29)30)4-6-12(25)26/h8-10H,1-7,17H2,(H2,18,24)(H,22,27)(H,23,28)(H,25,26)(H,29,30)(H4,19,20,21)/t8-,9-,10-/m0/s1. The molecule has 0 saturated carbocycles. The molecule has 0 saturated heterocycles. The van der Waals surface area contributed by atoms with Gasteiger partial charge in [0.25, 0.3) is 0 Å². The Hall–Kier alpha value is -3.42. The summed E-state index contributed by atoms with van der Waals surface area (Å²) in [7, 11) is 0. The van der Waals surface area contributed by atoms with Crippen LogP contribution < -0.4 is 33.6 Å². The van der Waals surface area contributed by atoms with Crippen molar-refractivity contribution in [1.82, 2.24) is 10.6 Å². The van der Waals surface area contributed by atoms with Crippen molar-refractivity contribution in [3.8, 4) is 0 Å². The minimum atomic E-state index is -1.46. The number of carbonyl (C=O) groups excluding carboxylic acids is 3. The van der Waals surface area contributed by atoms with E-state index < -0.39 is 54.2 Å². The maximum atomic E-state index is 12.5. The molecule has 14 nitrogen and oxygen atoms in total. The molecule has 0 fully saturated rings. The summed E-state index contributed by atoms with van der Waals surface area (Å²) in [5.41, 5.74) is 21.1. The van der Waals surface area contributed by atoms with Crippen molar-refractivity contribution in [2.45, 2.75) is 56.7 Å². The minimum absolute atomic E-state index is 0.0418. The zero-order chi connectivity index (χ0) is 23.3. The number of nitrogens with zero attached hydrogens (tertiary/aromatic N) is 1. The average Bonchev–Trinajstić information content (AvgIpc) is 2.64. The van der Waals surface area contributed by atoms with Gasteiger partial charge in [0.05, 0.1) is 6.04 Å². The Labute approximate surface area is 172 Å². The summed E-state index contributed by atoms with van der Waals surface area (Å²) in [6.07, 6.45) is -0.687. The zero-order valence-electron chi connectivity index (χ0n) is 16.4. The van der Waals surface area contributed by atoms with E-state index in [1.165, 1.54) is 0 Å². The summed E-state index contributed by atoms with van der Waals surface area (Å²) in [4.78, 5) is 61.2. The highest BCUT2D eigenvalue weighted by atomic mass is 16.4. The fourth-order valence-corrected chi connectivity index (χ4v) is 2.28. The summed E-state index contributed by atoms with van der Waals surface area (Å²) >= 11 is 0. The highest BCUT2D eigenvalue weighted by molar-refractivity contribution is 5.92. The molecule has 0 bridgehead atoms. The number of primary amides is 1. The summed E-state index contributed by atoms with van der Waals surface area (Å²) < 4.78 is 0. The SMILES string of the molecule is NC(=O)CC[C@H](N)C(=O)N[C@@H](CCCN=C(N)N)C(=O)N[C@@H](CCC(=O)O)C(=O)O. The van der Waals surface area contributed by atoms with Crippen LogP contribution in [0.1, 0.15) is 38.5 Å². The molecular formula is C16H29N7O7. The van der Waals surface area contributed by atoms with Crippen LogP contribution in [0.2, 0.25) is 0 Å². The molecule has 3 amide bonds. The third-order valence-electron chi connectivity index (χ3n) is 3.88. The lowest BCUT2D eigenvalue weighted by atomic mass is 10.1. The van der Waals surface area contributed by atoms with E-state index in [2.05, 4.69) is 15.6 Å². The van der Waals surface area contributed by atoms with Gasteiger partial charge in [-0.2, -0.15) is 0 Å². The molecule has 0 aromatic carbocycles. The Morgan fingerprint density at radius 2 is 1.43 bits per heavy atom. The molecule has 0 aliphatic heterocycles. The van der Waals surface area contributed by atoms with E-state index in [1.807, 2.05) is 0 Å². The smallest absolute Gasteiger partial charge is 0.326 e. The molecule has 0 heterocycles. The second-order valence-corrected chi connectivity index (χ2v) is 6.45. The number of hydrogen-bond donors (Lipinski definition) is 8. The van der Waals surface area contributed by atoms with Gasteiger partial charge in [-0.1, -0.05) is 0 Å². The van der Waals surface area contributed by atoms with E-state index in [1.54, 1.807) is 0 Å². The van der Waals surface area contributed by atoms with Crippen LogP contribution in [0.4, 0.5) is 0 Å². The maximum Gasteiger partial charge on any atom is 0.326 e. The van der Waals surface area contributed by atoms with Gasteiger partial charge in [-0.25, -0.2) is 4.79 Å². The molecule has 0 aliphatic carbocycles. The summed E-state index contributed by atoms with van der Waals surface area (Å²) in [5, 5.41) is 22.5. The third-order valence-corrected chi connectivity index (χ3v) is 3.88. The van der Waals surface area contributed by atoms with Crippen molar-refractivity contribution < 1.29 is 34.2 Å². The monoisotopic (exact) mass is 431 g/mol. The van der Waals surface area contributed by atoms with Gasteiger partial charge >= 0.3 is 11.9 Å². The van der Waals surface area contributed by atoms with Crippen LogP contribution >= 0.6 is 0 Å². The van der Waals surface area contributed by atoms with E-state index in [0.29, 0.717) is 0 Å². The topological polar surface area (TPSA) is 266 Å². The first-order valence-corrected chi connectivity index (χ1v) is 9.08. The average molecular weight is 431 g/mol. The van der Waals surface area contributed by atoms with E-state index in [9.17, 15) is 29.1 Å². The van der Waals surface area contributed by atoms with Gasteiger partial charge in [-0.05, 0) is 25.7 Å². The summed E-state index contributed by atoms with van der Waals surface area (Å²) in [5.74, 6) is -5.03. The second-order valence-electron chi connectivity index (χ2n) is 6.45. The molecule has 0 unspecified atom stereocenters. The molecule has 30 heavy (non-hydrogen) atoms. The fraction of sp³-hybridized carbons (Fsp3) is 0.625. The number of carbonyl (C=O) groups is 5. The molecule has 12 N–H and O–H groups in total. The van der Waals surface area contributed by atoms with Crippen molar-refractivity contribution in [2.75, 3.05) is 6.54 Å². The van der Waals surface area contributed by atoms with Gasteiger partial charge < -0.3 is 43.8 Å². The number of carboxylic acids is 2. The highest BCUT2D eigenvalue weighted by Crippen LogP contribution is 2.04. The van der Waals surface area contributed by atoms with Crippen LogP contribution in [0.5, 0.6) is 0 Å². The molecule has 14 heteroatoms. The van der Waals surface area contributed by atoms with Crippen molar-refractivity contribution >= 4 is 35.6 Å². The van der Waals surface area contributed by atoms with Crippen LogP contribution in [0.25, 0.3) is 0 Å². The van der Waals surface area contributed by atoms with Gasteiger partial charge in [0, 0.05) is 19.4 Å². The Kier molecular flexibility index (Phi) is 12.1. The van der Waals surface area contributed by atoms with Crippen LogP contribution in [0.3, 0.4) is 0 Å². The van der Waals surface area contributed by atoms with E-state index in [4.69, 9.17) is 28.0 Å². The number of nitrogens with one attached hydrogen (secondary N) is 2. The van der Waals surface area contributed by atoms with Crippen molar-refractivity contribution in [3.05, 3.63) is 0 Å². The Morgan fingerprint density at radius 1 is 0.833 bits per heavy atom. The predicted octanol–water partition coefficient (Wildman–Crippen LogP) is -3.45. The fourth-order valence-electron chi connectivity index (χ4n) is 2.28. The molecule has 3 atom stereocenters. The number of amides is 3. The van der Waals surface area contributed by atoms with Crippen LogP contribution in [0, 0.1) is 0 Å². The normalized spacial score (nSPS) is 13.4. The number of carboxylic acid groups (broad SMARTS) is 2. The molecule has 0 aromatic heterocycles. The van der Waals surface area contributed by atoms with E-state index >= 15 is 0 Å². The first kappa shape index (κ1) is 26.6. The van der Waals surface area contributed by atoms with Gasteiger partial charge in [-0.15, -0.1) is 0 Å². The van der Waals surface area contributed by atoms with Crippen molar-refractivity contribution in [3.63, 3.8) is 0 Å². The van der Waals surface area contributed by atoms with E-state index in [-0.39, 0.29) is 44.6 Å². The quantitative estimate of drug-likeness (QED) is 0.0721. The molecule has 170 valence electrons. The van der Waals surface area contributed by atoms with Crippen molar-refractivity contribution in [1.29, 1.82) is 0 Å². The molecule has 0 aliphatic rings.